The van der Waals surface area contributed by atoms with Crippen molar-refractivity contribution in [1.82, 2.24) is 5.32 Å². The Kier molecular flexibility index (Phi) is 5.78. The van der Waals surface area contributed by atoms with E-state index in [1.807, 2.05) is 24.3 Å². The summed E-state index contributed by atoms with van der Waals surface area (Å²) in [7, 11) is 0. The highest BCUT2D eigenvalue weighted by molar-refractivity contribution is 9.10. The van der Waals surface area contributed by atoms with Gasteiger partial charge in [0.05, 0.1) is 6.04 Å². The van der Waals surface area contributed by atoms with Gasteiger partial charge in [-0.25, -0.2) is 0 Å². The number of carbonyl (C=O) groups excluding carboxylic acids is 1. The van der Waals surface area contributed by atoms with Gasteiger partial charge in [-0.3, -0.25) is 4.79 Å². The van der Waals surface area contributed by atoms with Crippen LogP contribution in [0.1, 0.15) is 48.3 Å². The van der Waals surface area contributed by atoms with Gasteiger partial charge in [-0.2, -0.15) is 0 Å². The first-order chi connectivity index (χ1) is 10.5. The monoisotopic (exact) mass is 359 g/mol. The molecular formula is C19H22BrNO. The molecule has 2 nitrogen and oxygen atoms in total. The lowest BCUT2D eigenvalue weighted by atomic mass is 9.94. The maximum absolute atomic E-state index is 12.5. The highest BCUT2D eigenvalue weighted by Gasteiger charge is 2.19. The van der Waals surface area contributed by atoms with Crippen molar-refractivity contribution in [3.8, 4) is 0 Å². The van der Waals surface area contributed by atoms with E-state index in [-0.39, 0.29) is 11.9 Å². The van der Waals surface area contributed by atoms with Crippen molar-refractivity contribution in [1.29, 1.82) is 0 Å². The first kappa shape index (κ1) is 16.8. The molecule has 0 aliphatic carbocycles. The largest absolute Gasteiger partial charge is 0.345 e. The van der Waals surface area contributed by atoms with Gasteiger partial charge < -0.3 is 5.32 Å². The fourth-order valence-electron chi connectivity index (χ4n) is 2.45. The zero-order chi connectivity index (χ0) is 16.1. The Morgan fingerprint density at radius 3 is 2.36 bits per heavy atom. The van der Waals surface area contributed by atoms with Crippen molar-refractivity contribution in [3.63, 3.8) is 0 Å². The summed E-state index contributed by atoms with van der Waals surface area (Å²) in [4.78, 5) is 12.5. The molecule has 116 valence electrons. The van der Waals surface area contributed by atoms with E-state index >= 15 is 0 Å². The second-order valence-corrected chi connectivity index (χ2v) is 6.72. The maximum Gasteiger partial charge on any atom is 0.251 e. The Morgan fingerprint density at radius 2 is 1.82 bits per heavy atom. The molecular weight excluding hydrogens is 338 g/mol. The van der Waals surface area contributed by atoms with Gasteiger partial charge in [-0.05, 0) is 41.7 Å². The molecule has 0 fully saturated rings. The fourth-order valence-corrected chi connectivity index (χ4v) is 2.85. The average Bonchev–Trinajstić information content (AvgIpc) is 2.52. The summed E-state index contributed by atoms with van der Waals surface area (Å²) in [6.07, 6.45) is 1.02. The number of hydrogen-bond donors (Lipinski definition) is 1. The molecule has 1 amide bonds. The van der Waals surface area contributed by atoms with Crippen LogP contribution in [-0.2, 0) is 6.42 Å². The predicted molar refractivity (Wildman–Crippen MR) is 95.0 cm³/mol. The van der Waals surface area contributed by atoms with E-state index in [9.17, 15) is 4.79 Å². The predicted octanol–water partition coefficient (Wildman–Crippen LogP) is 5.14. The number of amides is 1. The molecule has 1 N–H and O–H groups in total. The highest BCUT2D eigenvalue weighted by Crippen LogP contribution is 2.23. The molecule has 0 bridgehead atoms. The Balaban J connectivity index is 2.19. The van der Waals surface area contributed by atoms with Crippen molar-refractivity contribution in [2.75, 3.05) is 0 Å². The van der Waals surface area contributed by atoms with Crippen LogP contribution in [0.5, 0.6) is 0 Å². The first-order valence-corrected chi connectivity index (χ1v) is 8.45. The Bertz CT molecular complexity index is 634. The van der Waals surface area contributed by atoms with Crippen molar-refractivity contribution in [3.05, 3.63) is 69.7 Å². The summed E-state index contributed by atoms with van der Waals surface area (Å²) in [6.45, 7) is 6.39. The van der Waals surface area contributed by atoms with Crippen LogP contribution in [0.2, 0.25) is 0 Å². The molecule has 0 saturated carbocycles. The molecule has 0 aliphatic rings. The van der Waals surface area contributed by atoms with Crippen LogP contribution in [0.4, 0.5) is 0 Å². The third-order valence-electron chi connectivity index (χ3n) is 3.79. The molecule has 2 aromatic carbocycles. The average molecular weight is 360 g/mol. The number of halogens is 1. The van der Waals surface area contributed by atoms with Gasteiger partial charge in [0.1, 0.15) is 0 Å². The number of rotatable bonds is 5. The SMILES string of the molecule is CCc1ccc([C@@H](NC(=O)c2cccc(Br)c2)C(C)C)cc1. The van der Waals surface area contributed by atoms with Crippen molar-refractivity contribution < 1.29 is 4.79 Å². The van der Waals surface area contributed by atoms with Crippen molar-refractivity contribution >= 4 is 21.8 Å². The summed E-state index contributed by atoms with van der Waals surface area (Å²) in [5, 5.41) is 3.15. The minimum atomic E-state index is -0.0421. The quantitative estimate of drug-likeness (QED) is 0.786. The Morgan fingerprint density at radius 1 is 1.14 bits per heavy atom. The zero-order valence-corrected chi connectivity index (χ0v) is 14.9. The number of hydrogen-bond acceptors (Lipinski definition) is 1. The highest BCUT2D eigenvalue weighted by atomic mass is 79.9. The topological polar surface area (TPSA) is 29.1 Å². The number of aryl methyl sites for hydroxylation is 1. The minimum Gasteiger partial charge on any atom is -0.345 e. The molecule has 22 heavy (non-hydrogen) atoms. The van der Waals surface area contributed by atoms with Crippen LogP contribution in [0, 0.1) is 5.92 Å². The van der Waals surface area contributed by atoms with E-state index < -0.39 is 0 Å². The third kappa shape index (κ3) is 4.20. The normalized spacial score (nSPS) is 12.2. The van der Waals surface area contributed by atoms with Crippen molar-refractivity contribution in [2.45, 2.75) is 33.2 Å². The lowest BCUT2D eigenvalue weighted by Gasteiger charge is -2.23. The van der Waals surface area contributed by atoms with Crippen LogP contribution >= 0.6 is 15.9 Å². The van der Waals surface area contributed by atoms with Crippen LogP contribution < -0.4 is 5.32 Å². The zero-order valence-electron chi connectivity index (χ0n) is 13.3. The number of benzene rings is 2. The number of carbonyl (C=O) groups is 1. The Labute approximate surface area is 141 Å². The second-order valence-electron chi connectivity index (χ2n) is 5.80. The van der Waals surface area contributed by atoms with Gasteiger partial charge in [0, 0.05) is 10.0 Å². The summed E-state index contributed by atoms with van der Waals surface area (Å²) in [6, 6.07) is 16.0. The Hall–Kier alpha value is -1.61. The first-order valence-electron chi connectivity index (χ1n) is 7.66. The van der Waals surface area contributed by atoms with Crippen LogP contribution in [-0.4, -0.2) is 5.91 Å². The maximum atomic E-state index is 12.5. The van der Waals surface area contributed by atoms with E-state index in [2.05, 4.69) is 66.3 Å². The second kappa shape index (κ2) is 7.59. The van der Waals surface area contributed by atoms with Gasteiger partial charge in [-0.15, -0.1) is 0 Å². The van der Waals surface area contributed by atoms with Crippen molar-refractivity contribution in [2.24, 2.45) is 5.92 Å². The van der Waals surface area contributed by atoms with Gasteiger partial charge in [0.15, 0.2) is 0 Å². The van der Waals surface area contributed by atoms with E-state index in [0.717, 1.165) is 16.5 Å². The van der Waals surface area contributed by atoms with Crippen LogP contribution in [0.15, 0.2) is 53.0 Å². The molecule has 0 saturated heterocycles. The lowest BCUT2D eigenvalue weighted by Crippen LogP contribution is -2.31. The molecule has 0 radical (unpaired) electrons. The molecule has 3 heteroatoms. The van der Waals surface area contributed by atoms with Crippen LogP contribution in [0.3, 0.4) is 0 Å². The summed E-state index contributed by atoms with van der Waals surface area (Å²) < 4.78 is 0.911. The molecule has 1 atom stereocenters. The van der Waals surface area contributed by atoms with E-state index in [1.54, 1.807) is 0 Å². The van der Waals surface area contributed by atoms with Gasteiger partial charge in [0.25, 0.3) is 5.91 Å². The molecule has 0 unspecified atom stereocenters. The van der Waals surface area contributed by atoms with Gasteiger partial charge in [-0.1, -0.05) is 67.0 Å². The number of nitrogens with one attached hydrogen (secondary N) is 1. The standard InChI is InChI=1S/C19H22BrNO/c1-4-14-8-10-15(11-9-14)18(13(2)3)21-19(22)16-6-5-7-17(20)12-16/h5-13,18H,4H2,1-3H3,(H,21,22)/t18-/m0/s1. The van der Waals surface area contributed by atoms with Gasteiger partial charge in [0.2, 0.25) is 0 Å². The lowest BCUT2D eigenvalue weighted by molar-refractivity contribution is 0.0925. The molecule has 0 aliphatic heterocycles. The fraction of sp³-hybridized carbons (Fsp3) is 0.316. The third-order valence-corrected chi connectivity index (χ3v) is 4.28. The molecule has 0 spiro atoms. The van der Waals surface area contributed by atoms with Gasteiger partial charge >= 0.3 is 0 Å². The van der Waals surface area contributed by atoms with Crippen LogP contribution in [0.25, 0.3) is 0 Å². The summed E-state index contributed by atoms with van der Waals surface area (Å²) in [5.74, 6) is 0.281. The molecule has 2 aromatic rings. The molecule has 2 rings (SSSR count). The molecule has 0 aromatic heterocycles. The smallest absolute Gasteiger partial charge is 0.251 e. The summed E-state index contributed by atoms with van der Waals surface area (Å²) in [5.41, 5.74) is 3.13. The summed E-state index contributed by atoms with van der Waals surface area (Å²) >= 11 is 3.41. The minimum absolute atomic E-state index is 0.0115. The van der Waals surface area contributed by atoms with E-state index in [4.69, 9.17) is 0 Å². The van der Waals surface area contributed by atoms with E-state index in [1.165, 1.54) is 5.56 Å². The van der Waals surface area contributed by atoms with E-state index in [0.29, 0.717) is 11.5 Å². The molecule has 0 heterocycles.